The molecule has 0 saturated heterocycles. The molecule has 1 unspecified atom stereocenters. The van der Waals surface area contributed by atoms with Gasteiger partial charge in [0.1, 0.15) is 5.75 Å². The van der Waals surface area contributed by atoms with Gasteiger partial charge in [-0.2, -0.15) is 5.26 Å². The molecule has 0 fully saturated rings. The van der Waals surface area contributed by atoms with Crippen molar-refractivity contribution in [1.29, 1.82) is 5.26 Å². The zero-order chi connectivity index (χ0) is 14.0. The third-order valence-corrected chi connectivity index (χ3v) is 2.94. The Labute approximate surface area is 111 Å². The van der Waals surface area contributed by atoms with E-state index in [2.05, 4.69) is 11.4 Å². The summed E-state index contributed by atoms with van der Waals surface area (Å²) in [5.41, 5.74) is 7.92. The van der Waals surface area contributed by atoms with E-state index in [0.29, 0.717) is 23.7 Å². The molecule has 1 heterocycles. The Morgan fingerprint density at radius 3 is 3.05 bits per heavy atom. The van der Waals surface area contributed by atoms with Gasteiger partial charge in [0.25, 0.3) is 5.91 Å². The molecule has 1 aromatic carbocycles. The average molecular weight is 260 g/mol. The standard InChI is InChI=1S/C13H16N4O2/c1-8(5-14)6-17(2)11-4-10-12(3-9(11)15)19-7-13(18)16-10/h3-4,8H,6-7,15H2,1-2H3,(H,16,18). The van der Waals surface area contributed by atoms with Crippen LogP contribution in [0.1, 0.15) is 6.92 Å². The molecule has 1 aliphatic heterocycles. The fourth-order valence-electron chi connectivity index (χ4n) is 2.01. The Hall–Kier alpha value is -2.42. The van der Waals surface area contributed by atoms with E-state index in [-0.39, 0.29) is 18.4 Å². The third-order valence-electron chi connectivity index (χ3n) is 2.94. The van der Waals surface area contributed by atoms with Crippen molar-refractivity contribution in [3.05, 3.63) is 12.1 Å². The van der Waals surface area contributed by atoms with E-state index >= 15 is 0 Å². The number of nitrogens with one attached hydrogen (secondary N) is 1. The molecule has 6 heteroatoms. The van der Waals surface area contributed by atoms with E-state index in [1.807, 2.05) is 18.9 Å². The molecule has 6 nitrogen and oxygen atoms in total. The van der Waals surface area contributed by atoms with Crippen LogP contribution in [0.25, 0.3) is 0 Å². The number of nitrogen functional groups attached to an aromatic ring is 1. The van der Waals surface area contributed by atoms with Crippen LogP contribution >= 0.6 is 0 Å². The molecule has 0 radical (unpaired) electrons. The van der Waals surface area contributed by atoms with Gasteiger partial charge in [0, 0.05) is 19.7 Å². The first-order valence-corrected chi connectivity index (χ1v) is 5.98. The molecule has 0 aliphatic carbocycles. The van der Waals surface area contributed by atoms with Crippen LogP contribution in [0.5, 0.6) is 5.75 Å². The number of fused-ring (bicyclic) bond motifs is 1. The lowest BCUT2D eigenvalue weighted by Gasteiger charge is -2.25. The van der Waals surface area contributed by atoms with Crippen LogP contribution in [0.3, 0.4) is 0 Å². The maximum Gasteiger partial charge on any atom is 0.262 e. The summed E-state index contributed by atoms with van der Waals surface area (Å²) in [6.45, 7) is 2.41. The number of benzene rings is 1. The molecule has 0 saturated carbocycles. The summed E-state index contributed by atoms with van der Waals surface area (Å²) in [7, 11) is 1.86. The number of carbonyl (C=O) groups is 1. The van der Waals surface area contributed by atoms with Gasteiger partial charge >= 0.3 is 0 Å². The Morgan fingerprint density at radius 1 is 1.63 bits per heavy atom. The Bertz CT molecular complexity index is 550. The molecular formula is C13H16N4O2. The van der Waals surface area contributed by atoms with E-state index in [1.165, 1.54) is 0 Å². The van der Waals surface area contributed by atoms with Crippen LogP contribution in [-0.2, 0) is 4.79 Å². The van der Waals surface area contributed by atoms with Crippen molar-refractivity contribution in [2.24, 2.45) is 5.92 Å². The van der Waals surface area contributed by atoms with Crippen LogP contribution in [0, 0.1) is 17.2 Å². The molecular weight excluding hydrogens is 244 g/mol. The number of anilines is 3. The number of carbonyl (C=O) groups excluding carboxylic acids is 1. The highest BCUT2D eigenvalue weighted by atomic mass is 16.5. The van der Waals surface area contributed by atoms with Crippen molar-refractivity contribution in [2.45, 2.75) is 6.92 Å². The highest BCUT2D eigenvalue weighted by molar-refractivity contribution is 5.97. The minimum Gasteiger partial charge on any atom is -0.482 e. The number of ether oxygens (including phenoxy) is 1. The Balaban J connectivity index is 2.29. The number of nitrogens with two attached hydrogens (primary N) is 1. The minimum absolute atomic E-state index is 0.00704. The number of rotatable bonds is 3. The van der Waals surface area contributed by atoms with Crippen LogP contribution in [0.2, 0.25) is 0 Å². The summed E-state index contributed by atoms with van der Waals surface area (Å²) in [5, 5.41) is 11.6. The molecule has 3 N–H and O–H groups in total. The quantitative estimate of drug-likeness (QED) is 0.797. The average Bonchev–Trinajstić information content (AvgIpc) is 2.38. The topological polar surface area (TPSA) is 91.4 Å². The molecule has 1 amide bonds. The van der Waals surface area contributed by atoms with Crippen molar-refractivity contribution in [1.82, 2.24) is 0 Å². The lowest BCUT2D eigenvalue weighted by molar-refractivity contribution is -0.118. The summed E-state index contributed by atoms with van der Waals surface area (Å²) >= 11 is 0. The number of nitrogens with zero attached hydrogens (tertiary/aromatic N) is 2. The van der Waals surface area contributed by atoms with Crippen molar-refractivity contribution in [2.75, 3.05) is 36.1 Å². The van der Waals surface area contributed by atoms with E-state index in [9.17, 15) is 4.79 Å². The van der Waals surface area contributed by atoms with Gasteiger partial charge in [-0.15, -0.1) is 0 Å². The fourth-order valence-corrected chi connectivity index (χ4v) is 2.01. The zero-order valence-electron chi connectivity index (χ0n) is 10.9. The molecule has 1 aromatic rings. The normalized spacial score (nSPS) is 14.7. The molecule has 2 rings (SSSR count). The molecule has 1 aliphatic rings. The van der Waals surface area contributed by atoms with Gasteiger partial charge in [0.05, 0.1) is 29.0 Å². The van der Waals surface area contributed by atoms with E-state index in [1.54, 1.807) is 12.1 Å². The van der Waals surface area contributed by atoms with E-state index in [4.69, 9.17) is 15.7 Å². The predicted molar refractivity (Wildman–Crippen MR) is 73.0 cm³/mol. The van der Waals surface area contributed by atoms with Crippen LogP contribution in [0.15, 0.2) is 12.1 Å². The second-order valence-electron chi connectivity index (χ2n) is 4.65. The van der Waals surface area contributed by atoms with Crippen molar-refractivity contribution in [3.63, 3.8) is 0 Å². The minimum atomic E-state index is -0.184. The van der Waals surface area contributed by atoms with Gasteiger partial charge in [-0.1, -0.05) is 0 Å². The molecule has 100 valence electrons. The smallest absolute Gasteiger partial charge is 0.262 e. The maximum absolute atomic E-state index is 11.3. The zero-order valence-corrected chi connectivity index (χ0v) is 10.9. The Morgan fingerprint density at radius 2 is 2.37 bits per heavy atom. The third kappa shape index (κ3) is 2.71. The number of amides is 1. The van der Waals surface area contributed by atoms with Gasteiger partial charge in [-0.05, 0) is 13.0 Å². The Kier molecular flexibility index (Phi) is 3.47. The van der Waals surface area contributed by atoms with Gasteiger partial charge in [0.2, 0.25) is 0 Å². The predicted octanol–water partition coefficient (Wildman–Crippen LogP) is 1.20. The first kappa shape index (κ1) is 13.0. The summed E-state index contributed by atoms with van der Waals surface area (Å²) in [6.07, 6.45) is 0. The summed E-state index contributed by atoms with van der Waals surface area (Å²) < 4.78 is 5.29. The van der Waals surface area contributed by atoms with Crippen LogP contribution < -0.4 is 20.7 Å². The van der Waals surface area contributed by atoms with Gasteiger partial charge in [-0.25, -0.2) is 0 Å². The largest absolute Gasteiger partial charge is 0.482 e. The first-order valence-electron chi connectivity index (χ1n) is 5.98. The number of hydrogen-bond acceptors (Lipinski definition) is 5. The molecule has 19 heavy (non-hydrogen) atoms. The van der Waals surface area contributed by atoms with Crippen molar-refractivity contribution < 1.29 is 9.53 Å². The highest BCUT2D eigenvalue weighted by Crippen LogP contribution is 2.36. The maximum atomic E-state index is 11.3. The van der Waals surface area contributed by atoms with E-state index in [0.717, 1.165) is 5.69 Å². The lowest BCUT2D eigenvalue weighted by atomic mass is 10.1. The van der Waals surface area contributed by atoms with Gasteiger partial charge in [-0.3, -0.25) is 4.79 Å². The van der Waals surface area contributed by atoms with E-state index < -0.39 is 0 Å². The number of hydrogen-bond donors (Lipinski definition) is 2. The monoisotopic (exact) mass is 260 g/mol. The van der Waals surface area contributed by atoms with Crippen molar-refractivity contribution in [3.8, 4) is 11.8 Å². The second kappa shape index (κ2) is 5.06. The second-order valence-corrected chi connectivity index (χ2v) is 4.65. The molecule has 0 bridgehead atoms. The summed E-state index contributed by atoms with van der Waals surface area (Å²) in [5.74, 6) is 0.283. The molecule has 1 atom stereocenters. The first-order chi connectivity index (χ1) is 9.01. The van der Waals surface area contributed by atoms with Crippen LogP contribution in [0.4, 0.5) is 17.1 Å². The number of nitriles is 1. The van der Waals surface area contributed by atoms with Gasteiger partial charge < -0.3 is 20.7 Å². The summed E-state index contributed by atoms with van der Waals surface area (Å²) in [4.78, 5) is 13.2. The van der Waals surface area contributed by atoms with Crippen LogP contribution in [-0.4, -0.2) is 26.1 Å². The SMILES string of the molecule is CC(C#N)CN(C)c1cc2c(cc1N)OCC(=O)N2. The van der Waals surface area contributed by atoms with Crippen molar-refractivity contribution >= 4 is 23.0 Å². The molecule has 0 aromatic heterocycles. The lowest BCUT2D eigenvalue weighted by Crippen LogP contribution is -2.27. The fraction of sp³-hybridized carbons (Fsp3) is 0.385. The summed E-state index contributed by atoms with van der Waals surface area (Å²) in [6, 6.07) is 5.64. The van der Waals surface area contributed by atoms with Gasteiger partial charge in [0.15, 0.2) is 6.61 Å². The highest BCUT2D eigenvalue weighted by Gasteiger charge is 2.19. The molecule has 0 spiro atoms.